The van der Waals surface area contributed by atoms with Gasteiger partial charge in [0.15, 0.2) is 0 Å². The Balaban J connectivity index is 1.70. The zero-order valence-electron chi connectivity index (χ0n) is 13.2. The van der Waals surface area contributed by atoms with Crippen LogP contribution in [0.1, 0.15) is 24.4 Å². The van der Waals surface area contributed by atoms with Crippen LogP contribution in [0.25, 0.3) is 0 Å². The van der Waals surface area contributed by atoms with Gasteiger partial charge in [0, 0.05) is 39.3 Å². The van der Waals surface area contributed by atoms with Gasteiger partial charge < -0.3 is 15.0 Å². The largest absolute Gasteiger partial charge is 0.383 e. The third kappa shape index (κ3) is 3.59. The molecule has 2 fully saturated rings. The number of urea groups is 1. The summed E-state index contributed by atoms with van der Waals surface area (Å²) >= 11 is 0. The molecule has 0 bridgehead atoms. The molecule has 5 heteroatoms. The van der Waals surface area contributed by atoms with Gasteiger partial charge in [-0.2, -0.15) is 0 Å². The topological polar surface area (TPSA) is 44.8 Å². The minimum absolute atomic E-state index is 0.0151. The van der Waals surface area contributed by atoms with E-state index in [9.17, 15) is 4.79 Å². The summed E-state index contributed by atoms with van der Waals surface area (Å²) in [5.41, 5.74) is 1.22. The molecule has 5 nitrogen and oxygen atoms in total. The molecule has 3 rings (SSSR count). The maximum absolute atomic E-state index is 12.5. The summed E-state index contributed by atoms with van der Waals surface area (Å²) in [4.78, 5) is 17.0. The van der Waals surface area contributed by atoms with Gasteiger partial charge in [-0.15, -0.1) is 0 Å². The maximum atomic E-state index is 12.5. The average molecular weight is 303 g/mol. The van der Waals surface area contributed by atoms with Crippen LogP contribution in [0.4, 0.5) is 4.79 Å². The van der Waals surface area contributed by atoms with Crippen molar-refractivity contribution in [1.82, 2.24) is 15.1 Å². The fourth-order valence-electron chi connectivity index (χ4n) is 3.14. The highest BCUT2D eigenvalue weighted by atomic mass is 16.5. The van der Waals surface area contributed by atoms with E-state index in [1.807, 2.05) is 23.1 Å². The van der Waals surface area contributed by atoms with Gasteiger partial charge in [-0.05, 0) is 18.4 Å². The molecule has 0 spiro atoms. The number of carbonyl (C=O) groups excluding carboxylic acids is 1. The fraction of sp³-hybridized carbons (Fsp3) is 0.588. The second-order valence-electron chi connectivity index (χ2n) is 6.07. The molecule has 1 unspecified atom stereocenters. The monoisotopic (exact) mass is 303 g/mol. The molecule has 1 saturated carbocycles. The van der Waals surface area contributed by atoms with E-state index in [0.29, 0.717) is 13.2 Å². The van der Waals surface area contributed by atoms with Crippen molar-refractivity contribution in [3.8, 4) is 0 Å². The molecule has 2 amide bonds. The van der Waals surface area contributed by atoms with Gasteiger partial charge in [0.05, 0.1) is 12.6 Å². The highest BCUT2D eigenvalue weighted by molar-refractivity contribution is 5.75. The van der Waals surface area contributed by atoms with Crippen molar-refractivity contribution in [1.29, 1.82) is 0 Å². The number of nitrogens with zero attached hydrogens (tertiary/aromatic N) is 2. The van der Waals surface area contributed by atoms with Crippen LogP contribution >= 0.6 is 0 Å². The SMILES string of the molecule is COCCNC(=O)N1CCN(C2CC2)CC1c1ccccc1. The molecule has 0 radical (unpaired) electrons. The standard InChI is InChI=1S/C17H25N3O2/c1-22-12-9-18-17(21)20-11-10-19(15-7-8-15)13-16(20)14-5-3-2-4-6-14/h2-6,15-16H,7-13H2,1H3,(H,18,21). The summed E-state index contributed by atoms with van der Waals surface area (Å²) in [6, 6.07) is 11.3. The molecule has 120 valence electrons. The van der Waals surface area contributed by atoms with E-state index in [1.54, 1.807) is 7.11 Å². The number of ether oxygens (including phenoxy) is 1. The highest BCUT2D eigenvalue weighted by Crippen LogP contribution is 2.33. The van der Waals surface area contributed by atoms with E-state index >= 15 is 0 Å². The lowest BCUT2D eigenvalue weighted by atomic mass is 10.0. The van der Waals surface area contributed by atoms with Crippen molar-refractivity contribution in [2.24, 2.45) is 0 Å². The van der Waals surface area contributed by atoms with E-state index in [4.69, 9.17) is 4.74 Å². The van der Waals surface area contributed by atoms with E-state index in [0.717, 1.165) is 25.7 Å². The van der Waals surface area contributed by atoms with Crippen LogP contribution < -0.4 is 5.32 Å². The summed E-state index contributed by atoms with van der Waals surface area (Å²) < 4.78 is 5.01. The molecule has 1 N–H and O–H groups in total. The molecule has 1 saturated heterocycles. The van der Waals surface area contributed by atoms with Crippen molar-refractivity contribution in [2.75, 3.05) is 39.9 Å². The van der Waals surface area contributed by atoms with Crippen LogP contribution in [0.15, 0.2) is 30.3 Å². The van der Waals surface area contributed by atoms with Gasteiger partial charge in [0.25, 0.3) is 0 Å². The van der Waals surface area contributed by atoms with E-state index < -0.39 is 0 Å². The Morgan fingerprint density at radius 1 is 1.27 bits per heavy atom. The van der Waals surface area contributed by atoms with Gasteiger partial charge in [0.1, 0.15) is 0 Å². The Morgan fingerprint density at radius 2 is 2.05 bits per heavy atom. The molecule has 0 aromatic heterocycles. The number of benzene rings is 1. The molecule has 1 atom stereocenters. The second kappa shape index (κ2) is 7.11. The summed E-state index contributed by atoms with van der Waals surface area (Å²) in [6.07, 6.45) is 2.61. The normalized spacial score (nSPS) is 22.6. The molecule has 1 aromatic rings. The van der Waals surface area contributed by atoms with Crippen molar-refractivity contribution in [2.45, 2.75) is 24.9 Å². The zero-order valence-corrected chi connectivity index (χ0v) is 13.2. The molecule has 2 aliphatic rings. The van der Waals surface area contributed by atoms with E-state index in [-0.39, 0.29) is 12.1 Å². The van der Waals surface area contributed by atoms with Crippen LogP contribution in [-0.2, 0) is 4.74 Å². The van der Waals surface area contributed by atoms with Crippen LogP contribution in [0.3, 0.4) is 0 Å². The predicted octanol–water partition coefficient (Wildman–Crippen LogP) is 1.86. The Kier molecular flexibility index (Phi) is 4.95. The first-order valence-corrected chi connectivity index (χ1v) is 8.12. The predicted molar refractivity (Wildman–Crippen MR) is 85.8 cm³/mol. The number of piperazine rings is 1. The Labute approximate surface area is 132 Å². The lowest BCUT2D eigenvalue weighted by Gasteiger charge is -2.41. The highest BCUT2D eigenvalue weighted by Gasteiger charge is 2.37. The molecule has 1 heterocycles. The average Bonchev–Trinajstić information content (AvgIpc) is 3.40. The lowest BCUT2D eigenvalue weighted by Crippen LogP contribution is -2.54. The zero-order chi connectivity index (χ0) is 15.4. The number of rotatable bonds is 5. The Hall–Kier alpha value is -1.59. The van der Waals surface area contributed by atoms with Gasteiger partial charge in [-0.3, -0.25) is 4.90 Å². The van der Waals surface area contributed by atoms with Crippen molar-refractivity contribution in [3.63, 3.8) is 0 Å². The summed E-state index contributed by atoms with van der Waals surface area (Å²) in [6.45, 7) is 3.80. The number of amides is 2. The van der Waals surface area contributed by atoms with Gasteiger partial charge >= 0.3 is 6.03 Å². The third-order valence-electron chi connectivity index (χ3n) is 4.50. The van der Waals surface area contributed by atoms with Crippen LogP contribution in [0, 0.1) is 0 Å². The fourth-order valence-corrected chi connectivity index (χ4v) is 3.14. The quantitative estimate of drug-likeness (QED) is 0.845. The van der Waals surface area contributed by atoms with Crippen molar-refractivity contribution < 1.29 is 9.53 Å². The molecule has 22 heavy (non-hydrogen) atoms. The first-order chi connectivity index (χ1) is 10.8. The minimum atomic E-state index is 0.0151. The molecule has 1 aliphatic carbocycles. The van der Waals surface area contributed by atoms with Gasteiger partial charge in [0.2, 0.25) is 0 Å². The van der Waals surface area contributed by atoms with Crippen LogP contribution in [-0.4, -0.2) is 61.8 Å². The first kappa shape index (κ1) is 15.3. The number of nitrogens with one attached hydrogen (secondary N) is 1. The molecular weight excluding hydrogens is 278 g/mol. The van der Waals surface area contributed by atoms with Crippen molar-refractivity contribution >= 4 is 6.03 Å². The van der Waals surface area contributed by atoms with E-state index in [1.165, 1.54) is 18.4 Å². The first-order valence-electron chi connectivity index (χ1n) is 8.12. The number of methoxy groups -OCH3 is 1. The molecule has 1 aromatic carbocycles. The van der Waals surface area contributed by atoms with E-state index in [2.05, 4.69) is 22.3 Å². The summed E-state index contributed by atoms with van der Waals surface area (Å²) in [7, 11) is 1.65. The van der Waals surface area contributed by atoms with Crippen molar-refractivity contribution in [3.05, 3.63) is 35.9 Å². The third-order valence-corrected chi connectivity index (χ3v) is 4.50. The summed E-state index contributed by atoms with van der Waals surface area (Å²) in [5, 5.41) is 2.96. The van der Waals surface area contributed by atoms with Crippen LogP contribution in [0.2, 0.25) is 0 Å². The second-order valence-corrected chi connectivity index (χ2v) is 6.07. The minimum Gasteiger partial charge on any atom is -0.383 e. The van der Waals surface area contributed by atoms with Crippen LogP contribution in [0.5, 0.6) is 0 Å². The lowest BCUT2D eigenvalue weighted by molar-refractivity contribution is 0.0879. The molecule has 1 aliphatic heterocycles. The maximum Gasteiger partial charge on any atom is 0.318 e. The number of hydrogen-bond acceptors (Lipinski definition) is 3. The molecular formula is C17H25N3O2. The summed E-state index contributed by atoms with van der Waals surface area (Å²) in [5.74, 6) is 0. The van der Waals surface area contributed by atoms with Gasteiger partial charge in [-0.25, -0.2) is 4.79 Å². The number of carbonyl (C=O) groups is 1. The smallest absolute Gasteiger partial charge is 0.318 e. The van der Waals surface area contributed by atoms with Gasteiger partial charge in [-0.1, -0.05) is 30.3 Å². The number of hydrogen-bond donors (Lipinski definition) is 1. The Bertz CT molecular complexity index is 490. The Morgan fingerprint density at radius 3 is 2.73 bits per heavy atom.